The molecule has 0 heterocycles. The van der Waals surface area contributed by atoms with Gasteiger partial charge < -0.3 is 0 Å². The van der Waals surface area contributed by atoms with E-state index in [-0.39, 0.29) is 0 Å². The molecule has 80 valence electrons. The largest absolute Gasteiger partial charge is 0.156 e. The zero-order valence-electron chi connectivity index (χ0n) is 9.61. The van der Waals surface area contributed by atoms with Gasteiger partial charge >= 0.3 is 0 Å². The van der Waals surface area contributed by atoms with E-state index in [2.05, 4.69) is 34.6 Å². The fraction of sp³-hybridized carbons (Fsp3) is 1.00. The number of hydrogen-bond donors (Lipinski definition) is 0. The van der Waals surface area contributed by atoms with Gasteiger partial charge in [-0.3, -0.25) is 0 Å². The maximum Gasteiger partial charge on any atom is 0.0231 e. The minimum atomic E-state index is 0.393. The zero-order valence-corrected chi connectivity index (χ0v) is 11.2. The maximum atomic E-state index is 5.65. The number of rotatable bonds is 5. The molecule has 0 aromatic carbocycles. The van der Waals surface area contributed by atoms with Crippen molar-refractivity contribution in [3.63, 3.8) is 0 Å². The number of alkyl halides is 1. The van der Waals surface area contributed by atoms with Crippen molar-refractivity contribution in [1.82, 2.24) is 0 Å². The Balaban J connectivity index is 3.80. The Bertz CT molecular complexity index is 136. The van der Waals surface area contributed by atoms with Crippen molar-refractivity contribution in [2.45, 2.75) is 52.2 Å². The Morgan fingerprint density at radius 1 is 1.08 bits per heavy atom. The first-order valence-corrected chi connectivity index (χ1v) is 6.49. The van der Waals surface area contributed by atoms with E-state index in [1.165, 1.54) is 12.2 Å². The van der Waals surface area contributed by atoms with Gasteiger partial charge in [0.2, 0.25) is 0 Å². The summed E-state index contributed by atoms with van der Waals surface area (Å²) in [5.74, 6) is 1.98. The average Bonchev–Trinajstić information content (AvgIpc) is 1.81. The van der Waals surface area contributed by atoms with Crippen molar-refractivity contribution in [2.75, 3.05) is 11.6 Å². The summed E-state index contributed by atoms with van der Waals surface area (Å²) < 4.78 is 0.393. The molecule has 0 aromatic heterocycles. The van der Waals surface area contributed by atoms with E-state index in [1.807, 2.05) is 11.8 Å². The van der Waals surface area contributed by atoms with Crippen LogP contribution in [-0.4, -0.2) is 16.4 Å². The van der Waals surface area contributed by atoms with Crippen molar-refractivity contribution >= 4 is 23.4 Å². The molecule has 0 nitrogen and oxygen atoms in total. The monoisotopic (exact) mass is 222 g/mol. The van der Waals surface area contributed by atoms with Gasteiger partial charge in [0.05, 0.1) is 0 Å². The molecule has 0 saturated heterocycles. The van der Waals surface area contributed by atoms with Crippen LogP contribution in [0.25, 0.3) is 0 Å². The fourth-order valence-electron chi connectivity index (χ4n) is 1.73. The van der Waals surface area contributed by atoms with Gasteiger partial charge in [-0.25, -0.2) is 0 Å². The van der Waals surface area contributed by atoms with Crippen LogP contribution in [0.2, 0.25) is 0 Å². The second-order valence-electron chi connectivity index (χ2n) is 5.39. The molecule has 13 heavy (non-hydrogen) atoms. The van der Waals surface area contributed by atoms with Gasteiger partial charge in [0.1, 0.15) is 0 Å². The molecule has 0 rings (SSSR count). The number of halogens is 1. The highest BCUT2D eigenvalue weighted by atomic mass is 35.5. The summed E-state index contributed by atoms with van der Waals surface area (Å²) in [6.07, 6.45) is 2.38. The summed E-state index contributed by atoms with van der Waals surface area (Å²) >= 11 is 7.70. The van der Waals surface area contributed by atoms with Crippen molar-refractivity contribution in [2.24, 2.45) is 5.41 Å². The molecule has 0 spiro atoms. The fourth-order valence-corrected chi connectivity index (χ4v) is 3.40. The lowest BCUT2D eigenvalue weighted by molar-refractivity contribution is 0.339. The second kappa shape index (κ2) is 5.50. The summed E-state index contributed by atoms with van der Waals surface area (Å²) in [6, 6.07) is 0. The molecule has 0 fully saturated rings. The normalized spacial score (nSPS) is 13.4. The summed E-state index contributed by atoms with van der Waals surface area (Å²) in [4.78, 5) is 0. The molecule has 2 heteroatoms. The molecule has 0 N–H and O–H groups in total. The number of hydrogen-bond acceptors (Lipinski definition) is 1. The minimum Gasteiger partial charge on any atom is -0.156 e. The second-order valence-corrected chi connectivity index (χ2v) is 7.57. The molecule has 0 saturated carbocycles. The summed E-state index contributed by atoms with van der Waals surface area (Å²) in [5, 5.41) is 0. The lowest BCUT2D eigenvalue weighted by Gasteiger charge is -2.31. The van der Waals surface area contributed by atoms with Crippen molar-refractivity contribution in [3.05, 3.63) is 0 Å². The van der Waals surface area contributed by atoms with E-state index in [0.29, 0.717) is 10.2 Å². The summed E-state index contributed by atoms with van der Waals surface area (Å²) in [5.41, 5.74) is 0.428. The van der Waals surface area contributed by atoms with E-state index in [9.17, 15) is 0 Å². The van der Waals surface area contributed by atoms with Crippen LogP contribution < -0.4 is 0 Å². The highest BCUT2D eigenvalue weighted by molar-refractivity contribution is 8.00. The van der Waals surface area contributed by atoms with Crippen molar-refractivity contribution < 1.29 is 0 Å². The first-order valence-electron chi connectivity index (χ1n) is 4.97. The molecule has 0 aliphatic carbocycles. The predicted octanol–water partition coefficient (Wildman–Crippen LogP) is 4.56. The topological polar surface area (TPSA) is 0 Å². The average molecular weight is 223 g/mol. The molecule has 0 unspecified atom stereocenters. The van der Waals surface area contributed by atoms with E-state index in [0.717, 1.165) is 12.3 Å². The van der Waals surface area contributed by atoms with E-state index < -0.39 is 0 Å². The Labute approximate surface area is 92.8 Å². The maximum absolute atomic E-state index is 5.65. The Kier molecular flexibility index (Phi) is 5.77. The van der Waals surface area contributed by atoms with Crippen LogP contribution in [-0.2, 0) is 0 Å². The van der Waals surface area contributed by atoms with E-state index in [4.69, 9.17) is 11.6 Å². The third kappa shape index (κ3) is 8.96. The lowest BCUT2D eigenvalue weighted by atomic mass is 9.86. The van der Waals surface area contributed by atoms with E-state index in [1.54, 1.807) is 0 Å². The van der Waals surface area contributed by atoms with Gasteiger partial charge in [-0.1, -0.05) is 34.6 Å². The van der Waals surface area contributed by atoms with Crippen LogP contribution in [0, 0.1) is 5.41 Å². The van der Waals surface area contributed by atoms with Gasteiger partial charge in [0.25, 0.3) is 0 Å². The van der Waals surface area contributed by atoms with Crippen LogP contribution in [0.1, 0.15) is 47.5 Å². The number of thioether (sulfide) groups is 1. The van der Waals surface area contributed by atoms with Gasteiger partial charge in [-0.2, -0.15) is 11.8 Å². The predicted molar refractivity (Wildman–Crippen MR) is 65.9 cm³/mol. The first-order chi connectivity index (χ1) is 5.77. The minimum absolute atomic E-state index is 0.393. The molecule has 0 radical (unpaired) electrons. The zero-order chi connectivity index (χ0) is 10.5. The van der Waals surface area contributed by atoms with Gasteiger partial charge in [-0.15, -0.1) is 11.6 Å². The smallest absolute Gasteiger partial charge is 0.0231 e. The molecule has 0 aliphatic heterocycles. The molecule has 0 bridgehead atoms. The van der Waals surface area contributed by atoms with Gasteiger partial charge in [0.15, 0.2) is 0 Å². The van der Waals surface area contributed by atoms with Crippen LogP contribution in [0.4, 0.5) is 0 Å². The van der Waals surface area contributed by atoms with E-state index >= 15 is 0 Å². The lowest BCUT2D eigenvalue weighted by Crippen LogP contribution is -2.23. The highest BCUT2D eigenvalue weighted by Crippen LogP contribution is 2.36. The SMILES string of the molecule is CC(C)(C)CC(C)(C)SCCCCl. The summed E-state index contributed by atoms with van der Waals surface area (Å²) in [6.45, 7) is 11.6. The van der Waals surface area contributed by atoms with Crippen LogP contribution >= 0.6 is 23.4 Å². The Morgan fingerprint density at radius 2 is 1.62 bits per heavy atom. The van der Waals surface area contributed by atoms with Crippen LogP contribution in [0.3, 0.4) is 0 Å². The molecule has 0 aromatic rings. The van der Waals surface area contributed by atoms with Gasteiger partial charge in [0, 0.05) is 10.6 Å². The Morgan fingerprint density at radius 3 is 2.00 bits per heavy atom. The third-order valence-electron chi connectivity index (χ3n) is 1.73. The van der Waals surface area contributed by atoms with Crippen molar-refractivity contribution in [3.8, 4) is 0 Å². The quantitative estimate of drug-likeness (QED) is 0.485. The standard InChI is InChI=1S/C11H23ClS/c1-10(2,3)9-11(4,5)13-8-6-7-12/h6-9H2,1-5H3. The molecular weight excluding hydrogens is 200 g/mol. The molecular formula is C11H23ClS. The van der Waals surface area contributed by atoms with Crippen LogP contribution in [0.15, 0.2) is 0 Å². The Hall–Kier alpha value is 0.640. The molecule has 0 aliphatic rings. The highest BCUT2D eigenvalue weighted by Gasteiger charge is 2.25. The molecule has 0 atom stereocenters. The van der Waals surface area contributed by atoms with Crippen LogP contribution in [0.5, 0.6) is 0 Å². The molecule has 0 amide bonds. The van der Waals surface area contributed by atoms with Crippen molar-refractivity contribution in [1.29, 1.82) is 0 Å². The third-order valence-corrected chi connectivity index (χ3v) is 3.41. The first kappa shape index (κ1) is 13.6. The summed E-state index contributed by atoms with van der Waals surface area (Å²) in [7, 11) is 0. The van der Waals surface area contributed by atoms with Gasteiger partial charge in [-0.05, 0) is 24.0 Å².